The first-order valence-electron chi connectivity index (χ1n) is 2.83. The number of halogens is 1. The van der Waals surface area contributed by atoms with E-state index in [2.05, 4.69) is 0 Å². The number of nitrogens with two attached hydrogens (primary N) is 1. The van der Waals surface area contributed by atoms with Gasteiger partial charge in [0.05, 0.1) is 16.3 Å². The molecule has 1 aromatic rings. The molecule has 1 rings (SSSR count). The lowest BCUT2D eigenvalue weighted by atomic mass is 10.2. The lowest BCUT2D eigenvalue weighted by Crippen LogP contribution is -1.87. The summed E-state index contributed by atoms with van der Waals surface area (Å²) in [4.78, 5) is 0. The molecule has 0 amide bonds. The minimum atomic E-state index is -0.103. The van der Waals surface area contributed by atoms with Gasteiger partial charge in [0, 0.05) is 6.07 Å². The molecule has 1 aromatic carbocycles. The summed E-state index contributed by atoms with van der Waals surface area (Å²) in [6, 6.07) is 4.42. The minimum absolute atomic E-state index is 0.103. The zero-order chi connectivity index (χ0) is 8.43. The van der Waals surface area contributed by atoms with Crippen molar-refractivity contribution in [2.24, 2.45) is 0 Å². The summed E-state index contributed by atoms with van der Waals surface area (Å²) in [5.41, 5.74) is 5.73. The molecule has 0 saturated heterocycles. The highest BCUT2D eigenvalue weighted by molar-refractivity contribution is 6.32. The first-order chi connectivity index (χ1) is 5.15. The third-order valence-corrected chi connectivity index (χ3v) is 1.55. The van der Waals surface area contributed by atoms with Gasteiger partial charge in [-0.1, -0.05) is 11.6 Å². The number of phenols is 1. The first-order valence-corrected chi connectivity index (χ1v) is 3.21. The predicted octanol–water partition coefficient (Wildman–Crippen LogP) is 1.50. The topological polar surface area (TPSA) is 70.0 Å². The maximum atomic E-state index is 9.00. The summed E-state index contributed by atoms with van der Waals surface area (Å²) in [7, 11) is 0. The number of nitrogen functional groups attached to an aromatic ring is 1. The van der Waals surface area contributed by atoms with E-state index in [4.69, 9.17) is 27.7 Å². The zero-order valence-corrected chi connectivity index (χ0v) is 6.26. The Balaban J connectivity index is 3.35. The fourth-order valence-electron chi connectivity index (χ4n) is 0.665. The van der Waals surface area contributed by atoms with E-state index in [9.17, 15) is 0 Å². The third kappa shape index (κ3) is 1.36. The largest absolute Gasteiger partial charge is 0.506 e. The molecule has 0 bridgehead atoms. The number of benzene rings is 1. The molecule has 0 fully saturated rings. The summed E-state index contributed by atoms with van der Waals surface area (Å²) in [5, 5.41) is 17.7. The molecule has 0 aliphatic heterocycles. The van der Waals surface area contributed by atoms with Crippen LogP contribution >= 0.6 is 11.6 Å². The molecule has 0 unspecified atom stereocenters. The summed E-state index contributed by atoms with van der Waals surface area (Å²) < 4.78 is 0. The Bertz CT molecular complexity index is 330. The van der Waals surface area contributed by atoms with Gasteiger partial charge in [-0.25, -0.2) is 0 Å². The summed E-state index contributed by atoms with van der Waals surface area (Å²) >= 11 is 5.56. The second kappa shape index (κ2) is 2.69. The summed E-state index contributed by atoms with van der Waals surface area (Å²) in [6.45, 7) is 0. The lowest BCUT2D eigenvalue weighted by Gasteiger charge is -1.99. The fraction of sp³-hybridized carbons (Fsp3) is 0. The van der Waals surface area contributed by atoms with Crippen LogP contribution in [-0.2, 0) is 0 Å². The standard InChI is InChI=1S/C7H5ClN2O/c8-5-2-7(11)6(10)1-4(5)3-9/h1-2,11H,10H2. The van der Waals surface area contributed by atoms with Crippen LogP contribution in [0, 0.1) is 11.3 Å². The quantitative estimate of drug-likeness (QED) is 0.456. The van der Waals surface area contributed by atoms with Crippen LogP contribution in [-0.4, -0.2) is 5.11 Å². The van der Waals surface area contributed by atoms with Crippen LogP contribution in [0.5, 0.6) is 5.75 Å². The van der Waals surface area contributed by atoms with Gasteiger partial charge in [0.1, 0.15) is 11.8 Å². The average Bonchev–Trinajstić information content (AvgIpc) is 1.97. The number of nitriles is 1. The molecule has 0 spiro atoms. The number of anilines is 1. The van der Waals surface area contributed by atoms with E-state index in [1.54, 1.807) is 0 Å². The van der Waals surface area contributed by atoms with Gasteiger partial charge >= 0.3 is 0 Å². The van der Waals surface area contributed by atoms with Gasteiger partial charge in [0.15, 0.2) is 0 Å². The van der Waals surface area contributed by atoms with Crippen molar-refractivity contribution in [1.29, 1.82) is 5.26 Å². The highest BCUT2D eigenvalue weighted by Crippen LogP contribution is 2.27. The Morgan fingerprint density at radius 2 is 2.18 bits per heavy atom. The predicted molar refractivity (Wildman–Crippen MR) is 42.2 cm³/mol. The third-order valence-electron chi connectivity index (χ3n) is 1.24. The molecular formula is C7H5ClN2O. The monoisotopic (exact) mass is 168 g/mol. The second-order valence-electron chi connectivity index (χ2n) is 2.00. The molecule has 4 heteroatoms. The van der Waals surface area contributed by atoms with Crippen LogP contribution < -0.4 is 5.73 Å². The molecular weight excluding hydrogens is 164 g/mol. The second-order valence-corrected chi connectivity index (χ2v) is 2.41. The van der Waals surface area contributed by atoms with Crippen molar-refractivity contribution in [1.82, 2.24) is 0 Å². The smallest absolute Gasteiger partial charge is 0.140 e. The zero-order valence-electron chi connectivity index (χ0n) is 5.50. The lowest BCUT2D eigenvalue weighted by molar-refractivity contribution is 0.478. The van der Waals surface area contributed by atoms with Crippen LogP contribution in [0.4, 0.5) is 5.69 Å². The number of hydrogen-bond acceptors (Lipinski definition) is 3. The van der Waals surface area contributed by atoms with Gasteiger partial charge < -0.3 is 10.8 Å². The van der Waals surface area contributed by atoms with Crippen molar-refractivity contribution < 1.29 is 5.11 Å². The maximum Gasteiger partial charge on any atom is 0.140 e. The molecule has 0 aliphatic rings. The molecule has 56 valence electrons. The van der Waals surface area contributed by atoms with Gasteiger partial charge in [-0.05, 0) is 6.07 Å². The molecule has 0 atom stereocenters. The van der Waals surface area contributed by atoms with Crippen molar-refractivity contribution >= 4 is 17.3 Å². The highest BCUT2D eigenvalue weighted by Gasteiger charge is 2.03. The normalized spacial score (nSPS) is 9.09. The molecule has 0 saturated carbocycles. The van der Waals surface area contributed by atoms with E-state index in [-0.39, 0.29) is 22.0 Å². The minimum Gasteiger partial charge on any atom is -0.506 e. The van der Waals surface area contributed by atoms with Crippen LogP contribution in [0.1, 0.15) is 5.56 Å². The van der Waals surface area contributed by atoms with E-state index >= 15 is 0 Å². The first kappa shape index (κ1) is 7.70. The van der Waals surface area contributed by atoms with E-state index in [0.717, 1.165) is 0 Å². The molecule has 3 N–H and O–H groups in total. The number of rotatable bonds is 0. The Morgan fingerprint density at radius 1 is 1.55 bits per heavy atom. The van der Waals surface area contributed by atoms with Gasteiger partial charge in [-0.2, -0.15) is 5.26 Å². The SMILES string of the molecule is N#Cc1cc(N)c(O)cc1Cl. The number of hydrogen-bond donors (Lipinski definition) is 2. The van der Waals surface area contributed by atoms with E-state index in [0.29, 0.717) is 0 Å². The van der Waals surface area contributed by atoms with Crippen LogP contribution in [0.2, 0.25) is 5.02 Å². The number of aromatic hydroxyl groups is 1. The van der Waals surface area contributed by atoms with Crippen LogP contribution in [0.3, 0.4) is 0 Å². The Morgan fingerprint density at radius 3 is 2.73 bits per heavy atom. The Hall–Kier alpha value is -1.40. The molecule has 0 aliphatic carbocycles. The van der Waals surface area contributed by atoms with Crippen molar-refractivity contribution in [3.05, 3.63) is 22.7 Å². The maximum absolute atomic E-state index is 9.00. The van der Waals surface area contributed by atoms with Crippen molar-refractivity contribution in [2.45, 2.75) is 0 Å². The van der Waals surface area contributed by atoms with Crippen molar-refractivity contribution in [2.75, 3.05) is 5.73 Å². The van der Waals surface area contributed by atoms with Crippen LogP contribution in [0.15, 0.2) is 12.1 Å². The van der Waals surface area contributed by atoms with Crippen molar-refractivity contribution in [3.63, 3.8) is 0 Å². The van der Waals surface area contributed by atoms with Gasteiger partial charge in [0.2, 0.25) is 0 Å². The van der Waals surface area contributed by atoms with E-state index < -0.39 is 0 Å². The van der Waals surface area contributed by atoms with Gasteiger partial charge in [0.25, 0.3) is 0 Å². The Labute approximate surface area is 68.6 Å². The van der Waals surface area contributed by atoms with E-state index in [1.165, 1.54) is 12.1 Å². The van der Waals surface area contributed by atoms with Crippen molar-refractivity contribution in [3.8, 4) is 11.8 Å². The highest BCUT2D eigenvalue weighted by atomic mass is 35.5. The fourth-order valence-corrected chi connectivity index (χ4v) is 0.865. The average molecular weight is 169 g/mol. The summed E-state index contributed by atoms with van der Waals surface area (Å²) in [6.07, 6.45) is 0. The van der Waals surface area contributed by atoms with Gasteiger partial charge in [-0.15, -0.1) is 0 Å². The number of nitrogens with zero attached hydrogens (tertiary/aromatic N) is 1. The molecule has 0 aromatic heterocycles. The van der Waals surface area contributed by atoms with Crippen LogP contribution in [0.25, 0.3) is 0 Å². The van der Waals surface area contributed by atoms with Gasteiger partial charge in [-0.3, -0.25) is 0 Å². The molecule has 0 radical (unpaired) electrons. The number of phenolic OH excluding ortho intramolecular Hbond substituents is 1. The molecule has 3 nitrogen and oxygen atoms in total. The molecule has 11 heavy (non-hydrogen) atoms. The Kier molecular flexibility index (Phi) is 1.88. The summed E-state index contributed by atoms with van der Waals surface area (Å²) in [5.74, 6) is -0.103. The molecule has 0 heterocycles. The van der Waals surface area contributed by atoms with E-state index in [1.807, 2.05) is 6.07 Å².